The van der Waals surface area contributed by atoms with Gasteiger partial charge in [-0.1, -0.05) is 6.07 Å². The van der Waals surface area contributed by atoms with E-state index in [9.17, 15) is 13.6 Å². The van der Waals surface area contributed by atoms with Gasteiger partial charge in [0.25, 0.3) is 0 Å². The zero-order valence-corrected chi connectivity index (χ0v) is 11.8. The second kappa shape index (κ2) is 4.92. The Bertz CT molecular complexity index is 876. The first-order chi connectivity index (χ1) is 9.97. The number of carbonyl (C=O) groups is 1. The van der Waals surface area contributed by atoms with Crippen LogP contribution in [0.15, 0.2) is 39.2 Å². The van der Waals surface area contributed by atoms with Crippen LogP contribution in [0.5, 0.6) is 0 Å². The topological polar surface area (TPSA) is 63.3 Å². The molecule has 106 valence electrons. The summed E-state index contributed by atoms with van der Waals surface area (Å²) in [4.78, 5) is 15.3. The van der Waals surface area contributed by atoms with Crippen molar-refractivity contribution in [1.82, 2.24) is 4.98 Å². The van der Waals surface area contributed by atoms with Crippen LogP contribution in [0.1, 0.15) is 10.4 Å². The van der Waals surface area contributed by atoms with Crippen molar-refractivity contribution >= 4 is 33.0 Å². The molecular formula is C14H6BrF2NO3. The number of aromatic carboxylic acids is 1. The van der Waals surface area contributed by atoms with Crippen molar-refractivity contribution in [2.45, 2.75) is 0 Å². The van der Waals surface area contributed by atoms with Crippen molar-refractivity contribution in [2.24, 2.45) is 0 Å². The maximum atomic E-state index is 13.4. The molecule has 0 saturated heterocycles. The van der Waals surface area contributed by atoms with E-state index in [1.54, 1.807) is 18.2 Å². The number of rotatable bonds is 2. The summed E-state index contributed by atoms with van der Waals surface area (Å²) in [6.07, 6.45) is 0. The lowest BCUT2D eigenvalue weighted by Gasteiger charge is -2.03. The fourth-order valence-electron chi connectivity index (χ4n) is 1.93. The molecule has 1 heterocycles. The van der Waals surface area contributed by atoms with Gasteiger partial charge >= 0.3 is 5.97 Å². The Morgan fingerprint density at radius 2 is 1.95 bits per heavy atom. The van der Waals surface area contributed by atoms with Gasteiger partial charge in [-0.15, -0.1) is 0 Å². The summed E-state index contributed by atoms with van der Waals surface area (Å²) in [5.41, 5.74) is 0.329. The fraction of sp³-hybridized carbons (Fsp3) is 0. The Labute approximate surface area is 125 Å². The van der Waals surface area contributed by atoms with Crippen LogP contribution in [0.25, 0.3) is 22.6 Å². The summed E-state index contributed by atoms with van der Waals surface area (Å²) in [7, 11) is 0. The number of carboxylic acids is 1. The third kappa shape index (κ3) is 2.29. The molecule has 1 aromatic heterocycles. The third-order valence-electron chi connectivity index (χ3n) is 2.89. The highest BCUT2D eigenvalue weighted by atomic mass is 79.9. The number of oxazole rings is 1. The predicted molar refractivity (Wildman–Crippen MR) is 74.0 cm³/mol. The van der Waals surface area contributed by atoms with Gasteiger partial charge in [-0.25, -0.2) is 18.6 Å². The number of carboxylic acid groups (broad SMARTS) is 1. The molecule has 0 spiro atoms. The maximum absolute atomic E-state index is 13.4. The van der Waals surface area contributed by atoms with Crippen LogP contribution in [0.2, 0.25) is 0 Å². The normalized spacial score (nSPS) is 11.0. The zero-order valence-electron chi connectivity index (χ0n) is 10.2. The van der Waals surface area contributed by atoms with Gasteiger partial charge in [0, 0.05) is 0 Å². The van der Waals surface area contributed by atoms with Crippen LogP contribution in [-0.2, 0) is 0 Å². The van der Waals surface area contributed by atoms with Gasteiger partial charge in [0.2, 0.25) is 5.89 Å². The molecule has 7 heteroatoms. The first-order valence-electron chi connectivity index (χ1n) is 5.75. The second-order valence-corrected chi connectivity index (χ2v) is 5.08. The number of fused-ring (bicyclic) bond motifs is 1. The molecular weight excluding hydrogens is 348 g/mol. The van der Waals surface area contributed by atoms with Crippen molar-refractivity contribution in [2.75, 3.05) is 0 Å². The van der Waals surface area contributed by atoms with E-state index in [2.05, 4.69) is 20.9 Å². The Morgan fingerprint density at radius 3 is 2.62 bits per heavy atom. The number of nitrogens with zero attached hydrogens (tertiary/aromatic N) is 1. The van der Waals surface area contributed by atoms with Crippen LogP contribution in [0.3, 0.4) is 0 Å². The molecule has 0 aliphatic carbocycles. The predicted octanol–water partition coefficient (Wildman–Crippen LogP) is 4.23. The first kappa shape index (κ1) is 13.7. The third-order valence-corrected chi connectivity index (χ3v) is 3.51. The molecule has 0 bridgehead atoms. The molecule has 0 amide bonds. The average molecular weight is 354 g/mol. The molecule has 3 aromatic rings. The number of benzene rings is 2. The minimum Gasteiger partial charge on any atom is -0.478 e. The zero-order chi connectivity index (χ0) is 15.1. The van der Waals surface area contributed by atoms with Crippen molar-refractivity contribution < 1.29 is 23.1 Å². The van der Waals surface area contributed by atoms with Crippen LogP contribution < -0.4 is 0 Å². The van der Waals surface area contributed by atoms with Crippen LogP contribution in [0.4, 0.5) is 8.78 Å². The van der Waals surface area contributed by atoms with E-state index in [-0.39, 0.29) is 11.5 Å². The lowest BCUT2D eigenvalue weighted by atomic mass is 10.1. The molecule has 1 N–H and O–H groups in total. The van der Waals surface area contributed by atoms with Gasteiger partial charge in [0.05, 0.1) is 15.6 Å². The van der Waals surface area contributed by atoms with Crippen molar-refractivity contribution in [3.63, 3.8) is 0 Å². The van der Waals surface area contributed by atoms with Crippen LogP contribution in [0, 0.1) is 11.6 Å². The Hall–Kier alpha value is -2.28. The van der Waals surface area contributed by atoms with Gasteiger partial charge < -0.3 is 9.52 Å². The second-order valence-electron chi connectivity index (χ2n) is 4.22. The van der Waals surface area contributed by atoms with Gasteiger partial charge in [0.1, 0.15) is 5.52 Å². The fourth-order valence-corrected chi connectivity index (χ4v) is 2.37. The number of para-hydroxylation sites is 1. The highest BCUT2D eigenvalue weighted by molar-refractivity contribution is 9.10. The van der Waals surface area contributed by atoms with E-state index in [0.717, 1.165) is 6.07 Å². The molecule has 0 aliphatic rings. The molecule has 0 fully saturated rings. The van der Waals surface area contributed by atoms with E-state index < -0.39 is 23.2 Å². The maximum Gasteiger partial charge on any atom is 0.336 e. The SMILES string of the molecule is O=C(O)c1cc(F)c(F)cc1-c1nc2cccc(Br)c2o1. The van der Waals surface area contributed by atoms with Crippen molar-refractivity contribution in [3.05, 3.63) is 52.0 Å². The van der Waals surface area contributed by atoms with E-state index in [1.165, 1.54) is 0 Å². The quantitative estimate of drug-likeness (QED) is 0.748. The minimum atomic E-state index is -1.40. The number of halogens is 3. The smallest absolute Gasteiger partial charge is 0.336 e. The largest absolute Gasteiger partial charge is 0.478 e. The lowest BCUT2D eigenvalue weighted by molar-refractivity contribution is 0.0697. The van der Waals surface area contributed by atoms with E-state index in [4.69, 9.17) is 9.52 Å². The lowest BCUT2D eigenvalue weighted by Crippen LogP contribution is -2.02. The van der Waals surface area contributed by atoms with Gasteiger partial charge in [0.15, 0.2) is 17.2 Å². The first-order valence-corrected chi connectivity index (χ1v) is 6.54. The van der Waals surface area contributed by atoms with Crippen LogP contribution in [-0.4, -0.2) is 16.1 Å². The average Bonchev–Trinajstić information content (AvgIpc) is 2.86. The van der Waals surface area contributed by atoms with E-state index in [0.29, 0.717) is 21.6 Å². The summed E-state index contributed by atoms with van der Waals surface area (Å²) in [5.74, 6) is -3.90. The summed E-state index contributed by atoms with van der Waals surface area (Å²) < 4.78 is 32.7. The molecule has 2 aromatic carbocycles. The van der Waals surface area contributed by atoms with Gasteiger partial charge in [-0.3, -0.25) is 0 Å². The van der Waals surface area contributed by atoms with Crippen molar-refractivity contribution in [1.29, 1.82) is 0 Å². The summed E-state index contributed by atoms with van der Waals surface area (Å²) >= 11 is 3.27. The molecule has 0 aliphatic heterocycles. The summed E-state index contributed by atoms with van der Waals surface area (Å²) in [5, 5.41) is 9.10. The standard InChI is InChI=1S/C14H6BrF2NO3/c15-8-2-1-3-11-12(8)21-13(18-11)6-4-9(16)10(17)5-7(6)14(19)20/h1-5H,(H,19,20). The van der Waals surface area contributed by atoms with Crippen LogP contribution >= 0.6 is 15.9 Å². The van der Waals surface area contributed by atoms with Gasteiger partial charge in [-0.2, -0.15) is 0 Å². The van der Waals surface area contributed by atoms with Gasteiger partial charge in [-0.05, 0) is 40.2 Å². The molecule has 3 rings (SSSR count). The minimum absolute atomic E-state index is 0.0896. The monoisotopic (exact) mass is 353 g/mol. The van der Waals surface area contributed by atoms with E-state index >= 15 is 0 Å². The molecule has 4 nitrogen and oxygen atoms in total. The molecule has 0 saturated carbocycles. The molecule has 0 radical (unpaired) electrons. The van der Waals surface area contributed by atoms with E-state index in [1.807, 2.05) is 0 Å². The summed E-state index contributed by atoms with van der Waals surface area (Å²) in [6.45, 7) is 0. The molecule has 0 atom stereocenters. The Balaban J connectivity index is 2.29. The highest BCUT2D eigenvalue weighted by Gasteiger charge is 2.21. The Kier molecular flexibility index (Phi) is 3.21. The number of hydrogen-bond donors (Lipinski definition) is 1. The van der Waals surface area contributed by atoms with Crippen molar-refractivity contribution in [3.8, 4) is 11.5 Å². The summed E-state index contributed by atoms with van der Waals surface area (Å²) in [6, 6.07) is 6.48. The Morgan fingerprint density at radius 1 is 1.24 bits per heavy atom. The number of hydrogen-bond acceptors (Lipinski definition) is 3. The molecule has 21 heavy (non-hydrogen) atoms. The highest BCUT2D eigenvalue weighted by Crippen LogP contribution is 2.31. The molecule has 0 unspecified atom stereocenters. The number of aromatic nitrogens is 1.